The predicted molar refractivity (Wildman–Crippen MR) is 58.8 cm³/mol. The molecule has 2 unspecified atom stereocenters. The van der Waals surface area contributed by atoms with E-state index in [0.29, 0.717) is 30.8 Å². The highest BCUT2D eigenvalue weighted by atomic mass is 16.5. The Balaban J connectivity index is 1.99. The van der Waals surface area contributed by atoms with Gasteiger partial charge in [0, 0.05) is 6.61 Å². The van der Waals surface area contributed by atoms with Crippen LogP contribution in [0.5, 0.6) is 0 Å². The number of aromatic nitrogens is 2. The lowest BCUT2D eigenvalue weighted by molar-refractivity contribution is 0.126. The van der Waals surface area contributed by atoms with Gasteiger partial charge in [-0.05, 0) is 32.2 Å². The van der Waals surface area contributed by atoms with Crippen LogP contribution >= 0.6 is 0 Å². The molecular weight excluding hydrogens is 206 g/mol. The molecule has 1 aliphatic rings. The second-order valence-electron chi connectivity index (χ2n) is 4.24. The van der Waals surface area contributed by atoms with E-state index in [1.165, 1.54) is 12.8 Å². The average molecular weight is 225 g/mol. The molecule has 1 N–H and O–H groups in total. The first-order chi connectivity index (χ1) is 7.81. The topological polar surface area (TPSA) is 60.2 Å². The number of ether oxygens (including phenoxy) is 1. The van der Waals surface area contributed by atoms with E-state index in [1.807, 2.05) is 6.92 Å². The maximum Gasteiger partial charge on any atom is 0.244 e. The first kappa shape index (κ1) is 11.5. The molecule has 0 aromatic carbocycles. The van der Waals surface area contributed by atoms with Gasteiger partial charge in [0.05, 0.1) is 6.04 Å². The molecule has 1 aliphatic heterocycles. The summed E-state index contributed by atoms with van der Waals surface area (Å²) in [5.41, 5.74) is 0. The van der Waals surface area contributed by atoms with Crippen molar-refractivity contribution in [3.63, 3.8) is 0 Å². The first-order valence-corrected chi connectivity index (χ1v) is 5.95. The van der Waals surface area contributed by atoms with Crippen molar-refractivity contribution in [1.82, 2.24) is 15.5 Å². The molecule has 0 aliphatic carbocycles. The third kappa shape index (κ3) is 2.59. The summed E-state index contributed by atoms with van der Waals surface area (Å²) in [5, 5.41) is 7.33. The summed E-state index contributed by atoms with van der Waals surface area (Å²) >= 11 is 0. The van der Waals surface area contributed by atoms with Gasteiger partial charge in [0.25, 0.3) is 0 Å². The number of nitrogens with one attached hydrogen (secondary N) is 1. The molecule has 1 aromatic heterocycles. The Morgan fingerprint density at radius 2 is 2.44 bits per heavy atom. The Kier molecular flexibility index (Phi) is 3.90. The lowest BCUT2D eigenvalue weighted by atomic mass is 9.93. The van der Waals surface area contributed by atoms with Gasteiger partial charge in [0.2, 0.25) is 5.89 Å². The summed E-state index contributed by atoms with van der Waals surface area (Å²) < 4.78 is 10.5. The van der Waals surface area contributed by atoms with Crippen LogP contribution < -0.4 is 5.32 Å². The molecule has 2 heterocycles. The molecule has 1 aromatic rings. The van der Waals surface area contributed by atoms with E-state index in [9.17, 15) is 0 Å². The van der Waals surface area contributed by atoms with Crippen molar-refractivity contribution in [1.29, 1.82) is 0 Å². The Bertz CT molecular complexity index is 327. The van der Waals surface area contributed by atoms with Crippen LogP contribution in [0, 0.1) is 5.92 Å². The largest absolute Gasteiger partial charge is 0.374 e. The highest BCUT2D eigenvalue weighted by molar-refractivity contribution is 4.96. The fourth-order valence-corrected chi connectivity index (χ4v) is 2.03. The van der Waals surface area contributed by atoms with Crippen LogP contribution in [0.3, 0.4) is 0 Å². The van der Waals surface area contributed by atoms with E-state index in [-0.39, 0.29) is 6.04 Å². The lowest BCUT2D eigenvalue weighted by Gasteiger charge is -2.26. The zero-order valence-corrected chi connectivity index (χ0v) is 9.90. The number of hydrogen-bond acceptors (Lipinski definition) is 5. The number of rotatable bonds is 4. The lowest BCUT2D eigenvalue weighted by Crippen LogP contribution is -2.33. The highest BCUT2D eigenvalue weighted by Gasteiger charge is 2.27. The summed E-state index contributed by atoms with van der Waals surface area (Å²) in [6.45, 7) is 6.29. The number of piperidine rings is 1. The zero-order valence-electron chi connectivity index (χ0n) is 9.90. The summed E-state index contributed by atoms with van der Waals surface area (Å²) in [4.78, 5) is 4.36. The van der Waals surface area contributed by atoms with Crippen LogP contribution in [0.15, 0.2) is 4.52 Å². The Morgan fingerprint density at radius 3 is 3.19 bits per heavy atom. The van der Waals surface area contributed by atoms with E-state index < -0.39 is 0 Å². The van der Waals surface area contributed by atoms with Crippen LogP contribution in [0.4, 0.5) is 0 Å². The van der Waals surface area contributed by atoms with Crippen LogP contribution in [0.2, 0.25) is 0 Å². The molecule has 0 radical (unpaired) electrons. The van der Waals surface area contributed by atoms with Gasteiger partial charge >= 0.3 is 0 Å². The van der Waals surface area contributed by atoms with Crippen molar-refractivity contribution in [2.45, 2.75) is 39.3 Å². The molecular formula is C11H19N3O2. The van der Waals surface area contributed by atoms with Gasteiger partial charge in [-0.2, -0.15) is 4.98 Å². The zero-order chi connectivity index (χ0) is 11.4. The molecule has 0 amide bonds. The van der Waals surface area contributed by atoms with Crippen molar-refractivity contribution in [3.05, 3.63) is 11.7 Å². The molecule has 1 fully saturated rings. The molecule has 1 saturated heterocycles. The number of hydrogen-bond donors (Lipinski definition) is 1. The van der Waals surface area contributed by atoms with Crippen LogP contribution in [-0.4, -0.2) is 23.3 Å². The van der Waals surface area contributed by atoms with Gasteiger partial charge < -0.3 is 14.6 Å². The fraction of sp³-hybridized carbons (Fsp3) is 0.818. The summed E-state index contributed by atoms with van der Waals surface area (Å²) in [6.07, 6.45) is 2.43. The molecule has 2 rings (SSSR count). The monoisotopic (exact) mass is 225 g/mol. The molecule has 16 heavy (non-hydrogen) atoms. The van der Waals surface area contributed by atoms with Gasteiger partial charge in [0.1, 0.15) is 6.61 Å². The van der Waals surface area contributed by atoms with Gasteiger partial charge in [0.15, 0.2) is 5.82 Å². The van der Waals surface area contributed by atoms with Gasteiger partial charge in [-0.15, -0.1) is 0 Å². The second kappa shape index (κ2) is 5.41. The van der Waals surface area contributed by atoms with E-state index >= 15 is 0 Å². The van der Waals surface area contributed by atoms with E-state index in [2.05, 4.69) is 22.4 Å². The van der Waals surface area contributed by atoms with E-state index in [0.717, 1.165) is 6.54 Å². The van der Waals surface area contributed by atoms with Gasteiger partial charge in [-0.3, -0.25) is 0 Å². The smallest absolute Gasteiger partial charge is 0.244 e. The van der Waals surface area contributed by atoms with Gasteiger partial charge in [-0.1, -0.05) is 12.1 Å². The molecule has 5 heteroatoms. The predicted octanol–water partition coefficient (Wildman–Crippen LogP) is 1.67. The molecule has 5 nitrogen and oxygen atoms in total. The summed E-state index contributed by atoms with van der Waals surface area (Å²) in [5.74, 6) is 1.88. The summed E-state index contributed by atoms with van der Waals surface area (Å²) in [7, 11) is 0. The van der Waals surface area contributed by atoms with Crippen LogP contribution in [-0.2, 0) is 11.3 Å². The van der Waals surface area contributed by atoms with Crippen molar-refractivity contribution >= 4 is 0 Å². The average Bonchev–Trinajstić information content (AvgIpc) is 2.75. The van der Waals surface area contributed by atoms with Crippen LogP contribution in [0.1, 0.15) is 44.4 Å². The van der Waals surface area contributed by atoms with Crippen molar-refractivity contribution < 1.29 is 9.26 Å². The molecule has 0 spiro atoms. The molecule has 2 atom stereocenters. The minimum Gasteiger partial charge on any atom is -0.374 e. The SMILES string of the molecule is CCOCc1noc(C2NCCCC2C)n1. The Hall–Kier alpha value is -0.940. The first-order valence-electron chi connectivity index (χ1n) is 5.95. The summed E-state index contributed by atoms with van der Waals surface area (Å²) in [6, 6.07) is 0.205. The van der Waals surface area contributed by atoms with Crippen molar-refractivity contribution in [3.8, 4) is 0 Å². The highest BCUT2D eigenvalue weighted by Crippen LogP contribution is 2.27. The maximum absolute atomic E-state index is 5.27. The third-order valence-electron chi connectivity index (χ3n) is 2.95. The quantitative estimate of drug-likeness (QED) is 0.844. The Morgan fingerprint density at radius 1 is 1.56 bits per heavy atom. The van der Waals surface area contributed by atoms with Crippen LogP contribution in [0.25, 0.3) is 0 Å². The standard InChI is InChI=1S/C11H19N3O2/c1-3-15-7-9-13-11(16-14-9)10-8(2)5-4-6-12-10/h8,10,12H,3-7H2,1-2H3. The number of nitrogens with zero attached hydrogens (tertiary/aromatic N) is 2. The molecule has 90 valence electrons. The normalized spacial score (nSPS) is 25.9. The van der Waals surface area contributed by atoms with E-state index in [4.69, 9.17) is 9.26 Å². The van der Waals surface area contributed by atoms with Crippen molar-refractivity contribution in [2.75, 3.05) is 13.2 Å². The fourth-order valence-electron chi connectivity index (χ4n) is 2.03. The maximum atomic E-state index is 5.27. The third-order valence-corrected chi connectivity index (χ3v) is 2.95. The van der Waals surface area contributed by atoms with E-state index in [1.54, 1.807) is 0 Å². The van der Waals surface area contributed by atoms with Gasteiger partial charge in [-0.25, -0.2) is 0 Å². The second-order valence-corrected chi connectivity index (χ2v) is 4.24. The molecule has 0 saturated carbocycles. The molecule has 0 bridgehead atoms. The van der Waals surface area contributed by atoms with Crippen molar-refractivity contribution in [2.24, 2.45) is 5.92 Å². The Labute approximate surface area is 95.6 Å². The minimum atomic E-state index is 0.205. The minimum absolute atomic E-state index is 0.205.